The Morgan fingerprint density at radius 3 is 2.90 bits per heavy atom. The van der Waals surface area contributed by atoms with E-state index in [0.29, 0.717) is 6.04 Å². The number of hydrogen-bond donors (Lipinski definition) is 2. The largest absolute Gasteiger partial charge is 0.396 e. The third-order valence-corrected chi connectivity index (χ3v) is 4.30. The molecule has 1 fully saturated rings. The first kappa shape index (κ1) is 14.3. The third kappa shape index (κ3) is 2.87. The highest BCUT2D eigenvalue weighted by Gasteiger charge is 2.27. The molecule has 0 radical (unpaired) electrons. The maximum absolute atomic E-state index is 9.69. The van der Waals surface area contributed by atoms with Crippen molar-refractivity contribution in [1.82, 2.24) is 4.98 Å². The topological polar surface area (TPSA) is 56.6 Å². The summed E-state index contributed by atoms with van der Waals surface area (Å²) < 4.78 is 0. The zero-order chi connectivity index (χ0) is 14.7. The Kier molecular flexibility index (Phi) is 4.36. The van der Waals surface area contributed by atoms with Crippen LogP contribution in [0.2, 0.25) is 0 Å². The second-order valence-electron chi connectivity index (χ2n) is 5.68. The van der Waals surface area contributed by atoms with Gasteiger partial charge < -0.3 is 15.1 Å². The third-order valence-electron chi connectivity index (χ3n) is 4.30. The van der Waals surface area contributed by atoms with Gasteiger partial charge in [-0.3, -0.25) is 0 Å². The van der Waals surface area contributed by atoms with Crippen molar-refractivity contribution in [1.29, 1.82) is 0 Å². The summed E-state index contributed by atoms with van der Waals surface area (Å²) in [6.45, 7) is 1.23. The van der Waals surface area contributed by atoms with Gasteiger partial charge in [0.2, 0.25) is 0 Å². The standard InChI is InChI=1S/C17H22N2O2/c20-10-4-7-15-6-3-9-19(15)17-14(12-21)11-13-5-1-2-8-16(13)18-17/h1-2,5,8,11,15,20-21H,3-4,6-7,9-10,12H2. The van der Waals surface area contributed by atoms with Crippen molar-refractivity contribution in [3.8, 4) is 0 Å². The molecule has 1 unspecified atom stereocenters. The van der Waals surface area contributed by atoms with Crippen molar-refractivity contribution in [3.05, 3.63) is 35.9 Å². The highest BCUT2D eigenvalue weighted by molar-refractivity contribution is 5.81. The summed E-state index contributed by atoms with van der Waals surface area (Å²) in [6.07, 6.45) is 4.09. The normalized spacial score (nSPS) is 18.6. The summed E-state index contributed by atoms with van der Waals surface area (Å²) in [5, 5.41) is 19.8. The number of hydrogen-bond acceptors (Lipinski definition) is 4. The smallest absolute Gasteiger partial charge is 0.135 e. The van der Waals surface area contributed by atoms with Crippen LogP contribution in [0.15, 0.2) is 30.3 Å². The van der Waals surface area contributed by atoms with Gasteiger partial charge in [-0.05, 0) is 37.8 Å². The first-order chi connectivity index (χ1) is 10.3. The van der Waals surface area contributed by atoms with Crippen LogP contribution in [0.4, 0.5) is 5.82 Å². The minimum absolute atomic E-state index is 0.0103. The highest BCUT2D eigenvalue weighted by Crippen LogP contribution is 2.31. The molecule has 1 aliphatic rings. The van der Waals surface area contributed by atoms with Gasteiger partial charge in [0.15, 0.2) is 0 Å². The number of rotatable bonds is 5. The molecule has 0 saturated carbocycles. The van der Waals surface area contributed by atoms with E-state index in [0.717, 1.165) is 54.5 Å². The van der Waals surface area contributed by atoms with Crippen LogP contribution >= 0.6 is 0 Å². The Hall–Kier alpha value is -1.65. The summed E-state index contributed by atoms with van der Waals surface area (Å²) in [5.41, 5.74) is 1.86. The predicted molar refractivity (Wildman–Crippen MR) is 84.4 cm³/mol. The van der Waals surface area contributed by atoms with Crippen molar-refractivity contribution in [2.45, 2.75) is 38.3 Å². The van der Waals surface area contributed by atoms with Gasteiger partial charge in [0.25, 0.3) is 0 Å². The van der Waals surface area contributed by atoms with E-state index in [1.165, 1.54) is 0 Å². The molecule has 1 aromatic heterocycles. The van der Waals surface area contributed by atoms with E-state index in [9.17, 15) is 5.11 Å². The van der Waals surface area contributed by atoms with Crippen LogP contribution in [0, 0.1) is 0 Å². The number of fused-ring (bicyclic) bond motifs is 1. The van der Waals surface area contributed by atoms with Gasteiger partial charge in [-0.25, -0.2) is 4.98 Å². The van der Waals surface area contributed by atoms with Crippen LogP contribution in [0.1, 0.15) is 31.2 Å². The fourth-order valence-electron chi connectivity index (χ4n) is 3.26. The molecule has 4 heteroatoms. The van der Waals surface area contributed by atoms with E-state index in [1.54, 1.807) is 0 Å². The van der Waals surface area contributed by atoms with Crippen LogP contribution in [0.3, 0.4) is 0 Å². The Labute approximate surface area is 125 Å². The summed E-state index contributed by atoms with van der Waals surface area (Å²) in [7, 11) is 0. The van der Waals surface area contributed by atoms with Gasteiger partial charge in [-0.1, -0.05) is 18.2 Å². The van der Waals surface area contributed by atoms with Gasteiger partial charge in [0.05, 0.1) is 12.1 Å². The predicted octanol–water partition coefficient (Wildman–Crippen LogP) is 2.47. The van der Waals surface area contributed by atoms with E-state index >= 15 is 0 Å². The molecule has 2 N–H and O–H groups in total. The first-order valence-electron chi connectivity index (χ1n) is 7.70. The number of pyridine rings is 1. The minimum Gasteiger partial charge on any atom is -0.396 e. The summed E-state index contributed by atoms with van der Waals surface area (Å²) >= 11 is 0. The van der Waals surface area contributed by atoms with Crippen molar-refractivity contribution in [3.63, 3.8) is 0 Å². The molecule has 1 atom stereocenters. The van der Waals surface area contributed by atoms with Crippen molar-refractivity contribution < 1.29 is 10.2 Å². The molecule has 0 aliphatic carbocycles. The number of para-hydroxylation sites is 1. The average Bonchev–Trinajstić information content (AvgIpc) is 2.99. The van der Waals surface area contributed by atoms with E-state index < -0.39 is 0 Å². The van der Waals surface area contributed by atoms with Crippen LogP contribution in [-0.2, 0) is 6.61 Å². The maximum Gasteiger partial charge on any atom is 0.135 e. The van der Waals surface area contributed by atoms with E-state index in [-0.39, 0.29) is 13.2 Å². The monoisotopic (exact) mass is 286 g/mol. The lowest BCUT2D eigenvalue weighted by Crippen LogP contribution is -2.31. The van der Waals surface area contributed by atoms with E-state index in [1.807, 2.05) is 30.3 Å². The van der Waals surface area contributed by atoms with Crippen molar-refractivity contribution in [2.24, 2.45) is 0 Å². The van der Waals surface area contributed by atoms with Crippen LogP contribution in [0.25, 0.3) is 10.9 Å². The summed E-state index contributed by atoms with van der Waals surface area (Å²) in [5.74, 6) is 0.914. The van der Waals surface area contributed by atoms with Crippen LogP contribution in [-0.4, -0.2) is 34.4 Å². The number of aromatic nitrogens is 1. The lowest BCUT2D eigenvalue weighted by molar-refractivity contribution is 0.277. The number of benzene rings is 1. The molecule has 0 spiro atoms. The SMILES string of the molecule is OCCCC1CCCN1c1nc2ccccc2cc1CO. The molecule has 1 saturated heterocycles. The van der Waals surface area contributed by atoms with Gasteiger partial charge in [-0.15, -0.1) is 0 Å². The van der Waals surface area contributed by atoms with Crippen LogP contribution in [0.5, 0.6) is 0 Å². The molecule has 21 heavy (non-hydrogen) atoms. The molecule has 112 valence electrons. The molecular weight excluding hydrogens is 264 g/mol. The fraction of sp³-hybridized carbons (Fsp3) is 0.471. The summed E-state index contributed by atoms with van der Waals surface area (Å²) in [4.78, 5) is 7.10. The van der Waals surface area contributed by atoms with Crippen molar-refractivity contribution in [2.75, 3.05) is 18.1 Å². The van der Waals surface area contributed by atoms with Crippen molar-refractivity contribution >= 4 is 16.7 Å². The molecule has 0 amide bonds. The molecule has 3 rings (SSSR count). The molecular formula is C17H22N2O2. The first-order valence-corrected chi connectivity index (χ1v) is 7.70. The minimum atomic E-state index is 0.0103. The number of aliphatic hydroxyl groups is 2. The van der Waals surface area contributed by atoms with E-state index in [4.69, 9.17) is 10.1 Å². The molecule has 2 aromatic rings. The Morgan fingerprint density at radius 1 is 1.24 bits per heavy atom. The van der Waals surface area contributed by atoms with Crippen LogP contribution < -0.4 is 4.90 Å². The number of nitrogens with zero attached hydrogens (tertiary/aromatic N) is 2. The summed E-state index contributed by atoms with van der Waals surface area (Å²) in [6, 6.07) is 10.5. The lowest BCUT2D eigenvalue weighted by Gasteiger charge is -2.27. The average molecular weight is 286 g/mol. The van der Waals surface area contributed by atoms with Gasteiger partial charge in [0, 0.05) is 30.1 Å². The quantitative estimate of drug-likeness (QED) is 0.886. The van der Waals surface area contributed by atoms with Gasteiger partial charge in [0.1, 0.15) is 5.82 Å². The number of aliphatic hydroxyl groups excluding tert-OH is 2. The zero-order valence-electron chi connectivity index (χ0n) is 12.2. The molecule has 0 bridgehead atoms. The highest BCUT2D eigenvalue weighted by atomic mass is 16.3. The lowest BCUT2D eigenvalue weighted by atomic mass is 10.1. The zero-order valence-corrected chi connectivity index (χ0v) is 12.2. The number of anilines is 1. The van der Waals surface area contributed by atoms with E-state index in [2.05, 4.69) is 4.90 Å². The molecule has 1 aliphatic heterocycles. The van der Waals surface area contributed by atoms with Gasteiger partial charge in [-0.2, -0.15) is 0 Å². The maximum atomic E-state index is 9.69. The van der Waals surface area contributed by atoms with Gasteiger partial charge >= 0.3 is 0 Å². The second-order valence-corrected chi connectivity index (χ2v) is 5.68. The Balaban J connectivity index is 1.97. The second kappa shape index (κ2) is 6.41. The molecule has 2 heterocycles. The fourth-order valence-corrected chi connectivity index (χ4v) is 3.26. The molecule has 4 nitrogen and oxygen atoms in total. The Morgan fingerprint density at radius 2 is 2.10 bits per heavy atom. The Bertz CT molecular complexity index is 615. The molecule has 1 aromatic carbocycles.